The van der Waals surface area contributed by atoms with Crippen LogP contribution in [0.2, 0.25) is 0 Å². The van der Waals surface area contributed by atoms with Crippen LogP contribution < -0.4 is 69.3 Å². The predicted molar refractivity (Wildman–Crippen MR) is 52.6 cm³/mol. The molecule has 0 aliphatic heterocycles. The summed E-state index contributed by atoms with van der Waals surface area (Å²) in [5.74, 6) is -2.81. The predicted octanol–water partition coefficient (Wildman–Crippen LogP) is -6.43. The van der Waals surface area contributed by atoms with Crippen LogP contribution in [0.15, 0.2) is 36.4 Å². The van der Waals surface area contributed by atoms with Crippen molar-refractivity contribution in [2.75, 3.05) is 0 Å². The van der Waals surface area contributed by atoms with Crippen LogP contribution in [-0.4, -0.2) is 11.9 Å². The number of hydrogen-bond acceptors (Lipinski definition) is 4. The molecule has 0 amide bonds. The largest absolute Gasteiger partial charge is 1.00 e. The van der Waals surface area contributed by atoms with E-state index in [-0.39, 0.29) is 75.6 Å². The molecular formula is C12H6Na2O4. The minimum absolute atomic E-state index is 0. The van der Waals surface area contributed by atoms with Gasteiger partial charge in [-0.15, -0.1) is 0 Å². The standard InChI is InChI=1S/C12H8O4.2Na/c13-11(14)8-5-1-3-7-4-2-6-9(10(7)8)12(15)16;;/h1-6H,(H,13,14)(H,15,16);;/q;2*+1/p-2. The summed E-state index contributed by atoms with van der Waals surface area (Å²) in [7, 11) is 0. The fraction of sp³-hybridized carbons (Fsp3) is 0. The summed E-state index contributed by atoms with van der Waals surface area (Å²) < 4.78 is 0. The van der Waals surface area contributed by atoms with Crippen molar-refractivity contribution < 1.29 is 78.9 Å². The molecule has 2 aromatic rings. The van der Waals surface area contributed by atoms with Crippen LogP contribution in [0.25, 0.3) is 10.8 Å². The Labute approximate surface area is 148 Å². The Morgan fingerprint density at radius 1 is 0.778 bits per heavy atom. The van der Waals surface area contributed by atoms with E-state index in [1.165, 1.54) is 24.3 Å². The molecule has 0 saturated heterocycles. The van der Waals surface area contributed by atoms with Crippen LogP contribution in [0.5, 0.6) is 0 Å². The van der Waals surface area contributed by atoms with E-state index in [0.29, 0.717) is 5.39 Å². The molecule has 80 valence electrons. The molecule has 0 N–H and O–H groups in total. The summed E-state index contributed by atoms with van der Waals surface area (Å²) in [6.07, 6.45) is 0. The van der Waals surface area contributed by atoms with Crippen molar-refractivity contribution in [2.24, 2.45) is 0 Å². The summed E-state index contributed by atoms with van der Waals surface area (Å²) in [4.78, 5) is 21.7. The van der Waals surface area contributed by atoms with Gasteiger partial charge in [0.1, 0.15) is 0 Å². The quantitative estimate of drug-likeness (QED) is 0.503. The molecule has 0 fully saturated rings. The number of rotatable bonds is 2. The Morgan fingerprint density at radius 3 is 1.50 bits per heavy atom. The van der Waals surface area contributed by atoms with Crippen molar-refractivity contribution in [1.29, 1.82) is 0 Å². The van der Waals surface area contributed by atoms with E-state index < -0.39 is 11.9 Å². The monoisotopic (exact) mass is 260 g/mol. The molecule has 0 atom stereocenters. The second-order valence-corrected chi connectivity index (χ2v) is 3.28. The van der Waals surface area contributed by atoms with Gasteiger partial charge in [0.15, 0.2) is 0 Å². The van der Waals surface area contributed by atoms with Crippen molar-refractivity contribution in [3.8, 4) is 0 Å². The van der Waals surface area contributed by atoms with Gasteiger partial charge in [-0.1, -0.05) is 36.4 Å². The molecule has 0 bridgehead atoms. The maximum atomic E-state index is 10.9. The SMILES string of the molecule is O=C([O-])c1cccc2cccc(C(=O)[O-])c12.[Na+].[Na+]. The molecule has 0 unspecified atom stereocenters. The van der Waals surface area contributed by atoms with Crippen LogP contribution in [0.4, 0.5) is 0 Å². The zero-order chi connectivity index (χ0) is 11.7. The maximum Gasteiger partial charge on any atom is 1.00 e. The Morgan fingerprint density at radius 2 is 1.17 bits per heavy atom. The van der Waals surface area contributed by atoms with Gasteiger partial charge in [-0.25, -0.2) is 0 Å². The fourth-order valence-electron chi connectivity index (χ4n) is 1.68. The smallest absolute Gasteiger partial charge is 0.545 e. The second kappa shape index (κ2) is 7.28. The van der Waals surface area contributed by atoms with Crippen LogP contribution in [0, 0.1) is 0 Å². The number of carboxylic acid groups (broad SMARTS) is 2. The molecule has 2 rings (SSSR count). The van der Waals surface area contributed by atoms with Crippen molar-refractivity contribution in [2.45, 2.75) is 0 Å². The van der Waals surface area contributed by atoms with Crippen LogP contribution in [0.3, 0.4) is 0 Å². The topological polar surface area (TPSA) is 80.3 Å². The molecule has 0 spiro atoms. The molecule has 0 saturated carbocycles. The third kappa shape index (κ3) is 3.35. The molecule has 0 aromatic heterocycles. The number of aromatic carboxylic acids is 2. The average molecular weight is 260 g/mol. The van der Waals surface area contributed by atoms with E-state index in [2.05, 4.69) is 0 Å². The Balaban J connectivity index is 0.00000144. The van der Waals surface area contributed by atoms with E-state index in [1.807, 2.05) is 0 Å². The number of hydrogen-bond donors (Lipinski definition) is 0. The number of fused-ring (bicyclic) bond motifs is 1. The number of benzene rings is 2. The van der Waals surface area contributed by atoms with E-state index >= 15 is 0 Å². The summed E-state index contributed by atoms with van der Waals surface area (Å²) in [6.45, 7) is 0. The molecule has 2 aromatic carbocycles. The van der Waals surface area contributed by atoms with Gasteiger partial charge in [-0.05, 0) is 10.8 Å². The summed E-state index contributed by atoms with van der Waals surface area (Å²) in [5.41, 5.74) is -0.283. The summed E-state index contributed by atoms with van der Waals surface area (Å²) >= 11 is 0. The Kier molecular flexibility index (Phi) is 7.14. The van der Waals surface area contributed by atoms with Gasteiger partial charge in [0.2, 0.25) is 0 Å². The second-order valence-electron chi connectivity index (χ2n) is 3.28. The van der Waals surface area contributed by atoms with Crippen LogP contribution in [-0.2, 0) is 0 Å². The van der Waals surface area contributed by atoms with Crippen molar-refractivity contribution in [1.82, 2.24) is 0 Å². The molecule has 6 heteroatoms. The normalized spacial score (nSPS) is 9.11. The molecule has 0 aliphatic rings. The third-order valence-electron chi connectivity index (χ3n) is 2.34. The van der Waals surface area contributed by atoms with E-state index in [9.17, 15) is 19.8 Å². The Bertz CT molecular complexity index is 547. The minimum atomic E-state index is -1.40. The first kappa shape index (κ1) is 17.6. The number of carboxylic acids is 2. The minimum Gasteiger partial charge on any atom is -0.545 e. The molecule has 18 heavy (non-hydrogen) atoms. The third-order valence-corrected chi connectivity index (χ3v) is 2.34. The van der Waals surface area contributed by atoms with E-state index in [4.69, 9.17) is 0 Å². The van der Waals surface area contributed by atoms with E-state index in [1.54, 1.807) is 12.1 Å². The maximum absolute atomic E-state index is 10.9. The fourth-order valence-corrected chi connectivity index (χ4v) is 1.68. The first-order valence-electron chi connectivity index (χ1n) is 4.55. The van der Waals surface area contributed by atoms with Gasteiger partial charge in [-0.2, -0.15) is 0 Å². The Hall–Kier alpha value is -0.360. The molecule has 0 heterocycles. The van der Waals surface area contributed by atoms with Crippen molar-refractivity contribution in [3.05, 3.63) is 47.5 Å². The van der Waals surface area contributed by atoms with Crippen molar-refractivity contribution in [3.63, 3.8) is 0 Å². The van der Waals surface area contributed by atoms with E-state index in [0.717, 1.165) is 0 Å². The first-order valence-corrected chi connectivity index (χ1v) is 4.55. The van der Waals surface area contributed by atoms with Gasteiger partial charge in [0.25, 0.3) is 0 Å². The molecular weight excluding hydrogens is 254 g/mol. The van der Waals surface area contributed by atoms with Crippen LogP contribution >= 0.6 is 0 Å². The zero-order valence-electron chi connectivity index (χ0n) is 10.1. The first-order chi connectivity index (χ1) is 7.61. The van der Waals surface area contributed by atoms with Crippen molar-refractivity contribution >= 4 is 22.7 Å². The molecule has 4 nitrogen and oxygen atoms in total. The summed E-state index contributed by atoms with van der Waals surface area (Å²) in [6, 6.07) is 8.95. The summed E-state index contributed by atoms with van der Waals surface area (Å²) in [5, 5.41) is 22.4. The van der Waals surface area contributed by atoms with Gasteiger partial charge in [0, 0.05) is 11.1 Å². The average Bonchev–Trinajstić information content (AvgIpc) is 2.27. The van der Waals surface area contributed by atoms with Gasteiger partial charge < -0.3 is 19.8 Å². The molecule has 0 aliphatic carbocycles. The number of carbonyl (C=O) groups is 2. The number of carbonyl (C=O) groups excluding carboxylic acids is 2. The van der Waals surface area contributed by atoms with Gasteiger partial charge >= 0.3 is 59.1 Å². The van der Waals surface area contributed by atoms with Gasteiger partial charge in [-0.3, -0.25) is 0 Å². The van der Waals surface area contributed by atoms with Gasteiger partial charge in [0.05, 0.1) is 11.9 Å². The zero-order valence-corrected chi connectivity index (χ0v) is 14.1. The molecule has 0 radical (unpaired) electrons. The van der Waals surface area contributed by atoms with Crippen LogP contribution in [0.1, 0.15) is 20.7 Å².